The third kappa shape index (κ3) is 4.18. The van der Waals surface area contributed by atoms with Crippen LogP contribution in [-0.2, 0) is 0 Å². The Morgan fingerprint density at radius 1 is 1.16 bits per heavy atom. The molecule has 2 heteroatoms. The van der Waals surface area contributed by atoms with Crippen LogP contribution < -0.4 is 10.5 Å². The molecular weight excluding hydrogens is 246 g/mol. The fourth-order valence-corrected chi connectivity index (χ4v) is 5.15. The molecular formula is C17H25NSi. The maximum Gasteiger partial charge on any atom is 0.0791 e. The zero-order valence-electron chi connectivity index (χ0n) is 12.5. The standard InChI is InChI=1S/C17H25NSi/c1-13-9-8-12-15(13)16(18-17(2,3)4)19-14-10-6-5-7-11-14/h5-11,16,18H,12,19H2,1-4H3. The van der Waals surface area contributed by atoms with Gasteiger partial charge in [-0.15, -0.1) is 0 Å². The number of rotatable bonds is 4. The molecule has 1 aromatic rings. The summed E-state index contributed by atoms with van der Waals surface area (Å²) in [5, 5.41) is 5.38. The van der Waals surface area contributed by atoms with Gasteiger partial charge < -0.3 is 5.32 Å². The van der Waals surface area contributed by atoms with E-state index in [2.05, 4.69) is 75.5 Å². The second kappa shape index (κ2) is 5.89. The van der Waals surface area contributed by atoms with Crippen LogP contribution in [0.2, 0.25) is 0 Å². The Bertz CT molecular complexity index is 480. The molecule has 1 aromatic carbocycles. The minimum atomic E-state index is -0.347. The van der Waals surface area contributed by atoms with Crippen molar-refractivity contribution in [2.75, 3.05) is 0 Å². The van der Waals surface area contributed by atoms with Crippen molar-refractivity contribution in [1.29, 1.82) is 0 Å². The lowest BCUT2D eigenvalue weighted by Crippen LogP contribution is -2.50. The molecule has 0 amide bonds. The van der Waals surface area contributed by atoms with E-state index in [1.807, 2.05) is 0 Å². The SMILES string of the molecule is CC1=C(C(NC(C)(C)C)[SiH2]c2ccccc2)CC=C1. The molecule has 1 unspecified atom stereocenters. The molecule has 19 heavy (non-hydrogen) atoms. The van der Waals surface area contributed by atoms with Crippen LogP contribution in [0.15, 0.2) is 53.6 Å². The third-order valence-electron chi connectivity index (χ3n) is 3.52. The summed E-state index contributed by atoms with van der Waals surface area (Å²) in [4.78, 5) is 0. The van der Waals surface area contributed by atoms with Gasteiger partial charge in [0.2, 0.25) is 0 Å². The predicted octanol–water partition coefficient (Wildman–Crippen LogP) is 2.47. The summed E-state index contributed by atoms with van der Waals surface area (Å²) in [6.07, 6.45) is 5.69. The summed E-state index contributed by atoms with van der Waals surface area (Å²) in [7, 11) is -0.347. The first-order chi connectivity index (χ1) is 8.96. The van der Waals surface area contributed by atoms with Gasteiger partial charge in [-0.1, -0.05) is 53.2 Å². The smallest absolute Gasteiger partial charge is 0.0791 e. The van der Waals surface area contributed by atoms with Crippen LogP contribution in [-0.4, -0.2) is 20.7 Å². The first kappa shape index (κ1) is 14.3. The molecule has 1 atom stereocenters. The summed E-state index contributed by atoms with van der Waals surface area (Å²) < 4.78 is 0. The summed E-state index contributed by atoms with van der Waals surface area (Å²) in [5.74, 6) is 0. The van der Waals surface area contributed by atoms with E-state index < -0.39 is 0 Å². The lowest BCUT2D eigenvalue weighted by molar-refractivity contribution is 0.424. The minimum Gasteiger partial charge on any atom is -0.308 e. The molecule has 0 aromatic heterocycles. The number of hydrogen-bond donors (Lipinski definition) is 1. The lowest BCUT2D eigenvalue weighted by atomic mass is 10.1. The monoisotopic (exact) mass is 271 g/mol. The molecule has 0 saturated carbocycles. The van der Waals surface area contributed by atoms with Gasteiger partial charge in [0.15, 0.2) is 0 Å². The Kier molecular flexibility index (Phi) is 4.43. The van der Waals surface area contributed by atoms with Crippen molar-refractivity contribution in [3.8, 4) is 0 Å². The molecule has 1 nitrogen and oxygen atoms in total. The molecule has 1 N–H and O–H groups in total. The molecule has 0 spiro atoms. The fourth-order valence-electron chi connectivity index (χ4n) is 2.68. The molecule has 0 radical (unpaired) electrons. The van der Waals surface area contributed by atoms with E-state index in [1.54, 1.807) is 5.57 Å². The van der Waals surface area contributed by atoms with Crippen LogP contribution >= 0.6 is 0 Å². The Balaban J connectivity index is 2.18. The highest BCUT2D eigenvalue weighted by molar-refractivity contribution is 6.56. The third-order valence-corrected chi connectivity index (χ3v) is 5.57. The Morgan fingerprint density at radius 2 is 1.84 bits per heavy atom. The van der Waals surface area contributed by atoms with Crippen LogP contribution in [0.5, 0.6) is 0 Å². The van der Waals surface area contributed by atoms with E-state index in [1.165, 1.54) is 10.8 Å². The maximum atomic E-state index is 3.84. The van der Waals surface area contributed by atoms with Gasteiger partial charge in [-0.2, -0.15) is 0 Å². The highest BCUT2D eigenvalue weighted by Crippen LogP contribution is 2.22. The predicted molar refractivity (Wildman–Crippen MR) is 87.8 cm³/mol. The average molecular weight is 271 g/mol. The maximum absolute atomic E-state index is 3.84. The molecule has 0 fully saturated rings. The van der Waals surface area contributed by atoms with Crippen molar-refractivity contribution in [3.05, 3.63) is 53.6 Å². The van der Waals surface area contributed by atoms with Gasteiger partial charge in [-0.05, 0) is 39.7 Å². The van der Waals surface area contributed by atoms with Crippen LogP contribution in [0.1, 0.15) is 34.1 Å². The van der Waals surface area contributed by atoms with E-state index in [-0.39, 0.29) is 15.1 Å². The van der Waals surface area contributed by atoms with E-state index in [4.69, 9.17) is 0 Å². The normalized spacial score (nSPS) is 17.7. The van der Waals surface area contributed by atoms with Crippen molar-refractivity contribution in [3.63, 3.8) is 0 Å². The lowest BCUT2D eigenvalue weighted by Gasteiger charge is -2.30. The Labute approximate surface area is 119 Å². The van der Waals surface area contributed by atoms with Crippen LogP contribution in [0.4, 0.5) is 0 Å². The summed E-state index contributed by atoms with van der Waals surface area (Å²) >= 11 is 0. The fraction of sp³-hybridized carbons (Fsp3) is 0.412. The highest BCUT2D eigenvalue weighted by atomic mass is 28.2. The van der Waals surface area contributed by atoms with Gasteiger partial charge in [-0.3, -0.25) is 0 Å². The second-order valence-corrected chi connectivity index (χ2v) is 8.49. The van der Waals surface area contributed by atoms with E-state index in [9.17, 15) is 0 Å². The Hall–Kier alpha value is -1.12. The molecule has 1 aliphatic rings. The molecule has 1 aliphatic carbocycles. The Morgan fingerprint density at radius 3 is 2.37 bits per heavy atom. The number of hydrogen-bond acceptors (Lipinski definition) is 1. The molecule has 0 aliphatic heterocycles. The second-order valence-electron chi connectivity index (χ2n) is 6.45. The zero-order chi connectivity index (χ0) is 13.9. The zero-order valence-corrected chi connectivity index (χ0v) is 13.9. The number of benzene rings is 1. The van der Waals surface area contributed by atoms with Gasteiger partial charge in [0.25, 0.3) is 0 Å². The number of nitrogens with one attached hydrogen (secondary N) is 1. The topological polar surface area (TPSA) is 12.0 Å². The summed E-state index contributed by atoms with van der Waals surface area (Å²) in [6.45, 7) is 9.03. The molecule has 2 rings (SSSR count). The van der Waals surface area contributed by atoms with Crippen LogP contribution in [0.25, 0.3) is 0 Å². The summed E-state index contributed by atoms with van der Waals surface area (Å²) in [5.41, 5.74) is 3.80. The quantitative estimate of drug-likeness (QED) is 0.830. The molecule has 102 valence electrons. The first-order valence-corrected chi connectivity index (χ1v) is 8.66. The number of allylic oxidation sites excluding steroid dienone is 3. The van der Waals surface area contributed by atoms with E-state index >= 15 is 0 Å². The van der Waals surface area contributed by atoms with Gasteiger partial charge in [0.05, 0.1) is 9.52 Å². The van der Waals surface area contributed by atoms with Gasteiger partial charge in [0, 0.05) is 11.2 Å². The molecule has 0 saturated heterocycles. The van der Waals surface area contributed by atoms with Crippen LogP contribution in [0.3, 0.4) is 0 Å². The highest BCUT2D eigenvalue weighted by Gasteiger charge is 2.23. The van der Waals surface area contributed by atoms with Crippen LogP contribution in [0, 0.1) is 0 Å². The van der Waals surface area contributed by atoms with Crippen molar-refractivity contribution >= 4 is 14.7 Å². The van der Waals surface area contributed by atoms with Crippen molar-refractivity contribution in [2.45, 2.75) is 45.3 Å². The summed E-state index contributed by atoms with van der Waals surface area (Å²) in [6, 6.07) is 11.0. The van der Waals surface area contributed by atoms with E-state index in [0.29, 0.717) is 5.67 Å². The first-order valence-electron chi connectivity index (χ1n) is 7.13. The molecule has 0 heterocycles. The van der Waals surface area contributed by atoms with E-state index in [0.717, 1.165) is 6.42 Å². The van der Waals surface area contributed by atoms with Gasteiger partial charge >= 0.3 is 0 Å². The molecule has 0 bridgehead atoms. The average Bonchev–Trinajstić information content (AvgIpc) is 2.74. The minimum absolute atomic E-state index is 0.169. The van der Waals surface area contributed by atoms with Gasteiger partial charge in [-0.25, -0.2) is 0 Å². The van der Waals surface area contributed by atoms with Crippen molar-refractivity contribution < 1.29 is 0 Å². The van der Waals surface area contributed by atoms with Crippen molar-refractivity contribution in [1.82, 2.24) is 5.32 Å². The van der Waals surface area contributed by atoms with Crippen molar-refractivity contribution in [2.24, 2.45) is 0 Å². The largest absolute Gasteiger partial charge is 0.308 e. The van der Waals surface area contributed by atoms with Gasteiger partial charge in [0.1, 0.15) is 0 Å².